The van der Waals surface area contributed by atoms with Crippen LogP contribution in [0, 0.1) is 0 Å². The summed E-state index contributed by atoms with van der Waals surface area (Å²) < 4.78 is 5.65. The third-order valence-electron chi connectivity index (χ3n) is 5.76. The Balaban J connectivity index is 1.53. The van der Waals surface area contributed by atoms with Gasteiger partial charge in [-0.25, -0.2) is 4.79 Å². The zero-order valence-electron chi connectivity index (χ0n) is 19.2. The van der Waals surface area contributed by atoms with Crippen LogP contribution in [0.25, 0.3) is 32.3 Å². The lowest BCUT2D eigenvalue weighted by Gasteiger charge is -2.27. The second-order valence-corrected chi connectivity index (χ2v) is 9.36. The summed E-state index contributed by atoms with van der Waals surface area (Å²) in [5.74, 6) is 0. The first-order valence-electron chi connectivity index (χ1n) is 11.2. The van der Waals surface area contributed by atoms with Gasteiger partial charge in [0.1, 0.15) is 12.2 Å². The molecule has 0 aliphatic heterocycles. The molecule has 5 aromatic rings. The molecule has 0 saturated heterocycles. The third-order valence-corrected chi connectivity index (χ3v) is 5.76. The van der Waals surface area contributed by atoms with E-state index in [1.807, 2.05) is 51.1 Å². The maximum atomic E-state index is 13.0. The van der Waals surface area contributed by atoms with Crippen LogP contribution in [0.5, 0.6) is 0 Å². The summed E-state index contributed by atoms with van der Waals surface area (Å²) in [6.07, 6.45) is -0.496. The number of carbonyl (C=O) groups is 1. The van der Waals surface area contributed by atoms with Crippen molar-refractivity contribution >= 4 is 38.4 Å². The molecule has 5 aromatic carbocycles. The fourth-order valence-corrected chi connectivity index (χ4v) is 4.29. The molecule has 0 fully saturated rings. The predicted molar refractivity (Wildman–Crippen MR) is 133 cm³/mol. The topological polar surface area (TPSA) is 38.8 Å². The van der Waals surface area contributed by atoms with Gasteiger partial charge in [0.15, 0.2) is 0 Å². The second kappa shape index (κ2) is 8.38. The zero-order valence-corrected chi connectivity index (χ0v) is 19.2. The van der Waals surface area contributed by atoms with Crippen LogP contribution in [-0.4, -0.2) is 16.8 Å². The van der Waals surface area contributed by atoms with Crippen LogP contribution >= 0.6 is 0 Å². The van der Waals surface area contributed by atoms with Gasteiger partial charge in [-0.2, -0.15) is 5.06 Å². The van der Waals surface area contributed by atoms with E-state index in [0.717, 1.165) is 16.5 Å². The van der Waals surface area contributed by atoms with E-state index in [2.05, 4.69) is 54.6 Å². The van der Waals surface area contributed by atoms with Gasteiger partial charge in [0.05, 0.1) is 6.54 Å². The van der Waals surface area contributed by atoms with Gasteiger partial charge in [-0.1, -0.05) is 84.9 Å². The molecule has 0 aromatic heterocycles. The molecule has 0 heterocycles. The lowest BCUT2D eigenvalue weighted by molar-refractivity contribution is -0.162. The molecule has 1 amide bonds. The SMILES string of the molecule is CC(C)(C)OC(=O)N(Cc1ccc2ccc3cccc4ccc1c2c34)OCc1ccccc1. The summed E-state index contributed by atoms with van der Waals surface area (Å²) >= 11 is 0. The molecule has 33 heavy (non-hydrogen) atoms. The van der Waals surface area contributed by atoms with E-state index < -0.39 is 11.7 Å². The maximum absolute atomic E-state index is 13.0. The molecule has 4 heteroatoms. The van der Waals surface area contributed by atoms with Gasteiger partial charge in [-0.15, -0.1) is 0 Å². The van der Waals surface area contributed by atoms with Crippen molar-refractivity contribution in [3.8, 4) is 0 Å². The lowest BCUT2D eigenvalue weighted by atomic mass is 9.92. The maximum Gasteiger partial charge on any atom is 0.434 e. The highest BCUT2D eigenvalue weighted by atomic mass is 16.7. The van der Waals surface area contributed by atoms with Crippen LogP contribution in [0.4, 0.5) is 4.79 Å². The number of rotatable bonds is 5. The standard InChI is InChI=1S/C29H27NO3/c1-29(2,3)33-28(31)30(32-19-20-8-5-4-6-9-20)18-24-15-14-23-13-12-21-10-7-11-22-16-17-25(24)27(23)26(21)22/h4-17H,18-19H2,1-3H3. The molecule has 0 atom stereocenters. The van der Waals surface area contributed by atoms with E-state index in [-0.39, 0.29) is 13.2 Å². The number of amides is 1. The van der Waals surface area contributed by atoms with Crippen molar-refractivity contribution < 1.29 is 14.4 Å². The minimum atomic E-state index is -0.617. The molecule has 5 rings (SSSR count). The monoisotopic (exact) mass is 437 g/mol. The highest BCUT2D eigenvalue weighted by Gasteiger charge is 2.24. The highest BCUT2D eigenvalue weighted by molar-refractivity contribution is 6.23. The molecule has 0 aliphatic rings. The van der Waals surface area contributed by atoms with Crippen LogP contribution in [0.3, 0.4) is 0 Å². The summed E-state index contributed by atoms with van der Waals surface area (Å²) in [6, 6.07) is 29.0. The summed E-state index contributed by atoms with van der Waals surface area (Å²) in [7, 11) is 0. The van der Waals surface area contributed by atoms with Gasteiger partial charge >= 0.3 is 6.09 Å². The van der Waals surface area contributed by atoms with Gasteiger partial charge < -0.3 is 4.74 Å². The van der Waals surface area contributed by atoms with Crippen molar-refractivity contribution in [3.05, 3.63) is 96.1 Å². The molecular formula is C29H27NO3. The molecule has 4 nitrogen and oxygen atoms in total. The van der Waals surface area contributed by atoms with Crippen LogP contribution < -0.4 is 0 Å². The number of benzene rings is 5. The Labute approximate surface area is 193 Å². The Bertz CT molecular complexity index is 1400. The molecule has 0 saturated carbocycles. The Hall–Kier alpha value is -3.63. The van der Waals surface area contributed by atoms with Gasteiger partial charge in [0.2, 0.25) is 0 Å². The number of hydrogen-bond acceptors (Lipinski definition) is 3. The van der Waals surface area contributed by atoms with Crippen LogP contribution in [0.1, 0.15) is 31.9 Å². The normalized spacial score (nSPS) is 12.0. The van der Waals surface area contributed by atoms with Crippen LogP contribution in [0.15, 0.2) is 84.9 Å². The van der Waals surface area contributed by atoms with Gasteiger partial charge in [-0.05, 0) is 64.2 Å². The highest BCUT2D eigenvalue weighted by Crippen LogP contribution is 2.36. The van der Waals surface area contributed by atoms with Gasteiger partial charge in [-0.3, -0.25) is 4.84 Å². The fraction of sp³-hybridized carbons (Fsp3) is 0.207. The van der Waals surface area contributed by atoms with E-state index in [1.165, 1.54) is 32.0 Å². The molecule has 0 unspecified atom stereocenters. The van der Waals surface area contributed by atoms with E-state index >= 15 is 0 Å². The average molecular weight is 438 g/mol. The first kappa shape index (κ1) is 21.2. The molecule has 0 aliphatic carbocycles. The zero-order chi connectivity index (χ0) is 23.0. The number of nitrogens with zero attached hydrogens (tertiary/aromatic N) is 1. The van der Waals surface area contributed by atoms with Crippen LogP contribution in [-0.2, 0) is 22.7 Å². The quantitative estimate of drug-likeness (QED) is 0.212. The smallest absolute Gasteiger partial charge is 0.434 e. The van der Waals surface area contributed by atoms with E-state index in [9.17, 15) is 4.79 Å². The summed E-state index contributed by atoms with van der Waals surface area (Å²) in [4.78, 5) is 19.0. The molecular weight excluding hydrogens is 410 g/mol. The van der Waals surface area contributed by atoms with Crippen molar-refractivity contribution in [2.75, 3.05) is 0 Å². The van der Waals surface area contributed by atoms with Crippen LogP contribution in [0.2, 0.25) is 0 Å². The molecule has 0 spiro atoms. The Morgan fingerprint density at radius 2 is 1.39 bits per heavy atom. The van der Waals surface area contributed by atoms with E-state index in [0.29, 0.717) is 0 Å². The predicted octanol–water partition coefficient (Wildman–Crippen LogP) is 7.45. The average Bonchev–Trinajstić information content (AvgIpc) is 2.80. The van der Waals surface area contributed by atoms with E-state index in [1.54, 1.807) is 0 Å². The minimum Gasteiger partial charge on any atom is -0.442 e. The van der Waals surface area contributed by atoms with Gasteiger partial charge in [0, 0.05) is 0 Å². The van der Waals surface area contributed by atoms with Crippen molar-refractivity contribution in [2.45, 2.75) is 39.5 Å². The lowest BCUT2D eigenvalue weighted by Crippen LogP contribution is -2.36. The number of carbonyl (C=O) groups excluding carboxylic acids is 1. The fourth-order valence-electron chi connectivity index (χ4n) is 4.29. The number of ether oxygens (including phenoxy) is 1. The Morgan fingerprint density at radius 1 is 0.758 bits per heavy atom. The Kier molecular flexibility index (Phi) is 5.39. The summed E-state index contributed by atoms with van der Waals surface area (Å²) in [6.45, 7) is 6.14. The summed E-state index contributed by atoms with van der Waals surface area (Å²) in [5, 5.41) is 8.54. The number of hydrogen-bond donors (Lipinski definition) is 0. The van der Waals surface area contributed by atoms with Crippen molar-refractivity contribution in [2.24, 2.45) is 0 Å². The first-order chi connectivity index (χ1) is 15.9. The third kappa shape index (κ3) is 4.35. The summed E-state index contributed by atoms with van der Waals surface area (Å²) in [5.41, 5.74) is 1.38. The molecule has 0 bridgehead atoms. The van der Waals surface area contributed by atoms with Gasteiger partial charge in [0.25, 0.3) is 0 Å². The van der Waals surface area contributed by atoms with Crippen molar-refractivity contribution in [1.82, 2.24) is 5.06 Å². The largest absolute Gasteiger partial charge is 0.442 e. The molecule has 166 valence electrons. The minimum absolute atomic E-state index is 0.284. The van der Waals surface area contributed by atoms with Crippen molar-refractivity contribution in [3.63, 3.8) is 0 Å². The molecule has 0 N–H and O–H groups in total. The second-order valence-electron chi connectivity index (χ2n) is 9.36. The molecule has 0 radical (unpaired) electrons. The number of hydroxylamine groups is 2. The Morgan fingerprint density at radius 3 is 2.09 bits per heavy atom. The van der Waals surface area contributed by atoms with Crippen molar-refractivity contribution in [1.29, 1.82) is 0 Å². The van der Waals surface area contributed by atoms with E-state index in [4.69, 9.17) is 9.57 Å². The first-order valence-corrected chi connectivity index (χ1v) is 11.2.